The molecule has 3 N–H and O–H groups in total. The quantitative estimate of drug-likeness (QED) is 0.497. The number of benzodiazepines with no additional fused rings is 1. The lowest BCUT2D eigenvalue weighted by atomic mass is 9.87. The Kier molecular flexibility index (Phi) is 7.03. The number of aliphatic imine (C=N–C) groups is 1. The molecule has 0 fully saturated rings. The molecule has 1 heterocycles. The van der Waals surface area contributed by atoms with E-state index in [4.69, 9.17) is 16.6 Å². The molecule has 3 amide bonds. The van der Waals surface area contributed by atoms with Crippen LogP contribution in [-0.2, 0) is 11.2 Å². The Hall–Kier alpha value is -3.58. The van der Waals surface area contributed by atoms with Crippen LogP contribution in [0, 0.1) is 0 Å². The fraction of sp³-hybridized carbons (Fsp3) is 0.192. The molecule has 0 saturated carbocycles. The molecule has 3 aromatic carbocycles. The largest absolute Gasteiger partial charge is 0.336 e. The number of benzene rings is 3. The third-order valence-electron chi connectivity index (χ3n) is 5.59. The number of anilines is 2. The highest BCUT2D eigenvalue weighted by molar-refractivity contribution is 6.33. The molecule has 1 aliphatic rings. The van der Waals surface area contributed by atoms with Crippen LogP contribution in [-0.4, -0.2) is 37.6 Å². The van der Waals surface area contributed by atoms with Crippen molar-refractivity contribution in [2.45, 2.75) is 32.4 Å². The molecule has 1 unspecified atom stereocenters. The minimum atomic E-state index is -0.600. The number of halogens is 1. The number of carbonyl (C=O) groups excluding carboxylic acids is 2. The maximum absolute atomic E-state index is 13.1. The van der Waals surface area contributed by atoms with Crippen LogP contribution in [0.1, 0.15) is 30.5 Å². The molecule has 6 nitrogen and oxygen atoms in total. The summed E-state index contributed by atoms with van der Waals surface area (Å²) in [6.07, 6.45) is 0.485. The highest BCUT2D eigenvalue weighted by Gasteiger charge is 2.26. The average Bonchev–Trinajstić information content (AvgIpc) is 2.92. The van der Waals surface area contributed by atoms with Gasteiger partial charge >= 0.3 is 6.03 Å². The van der Waals surface area contributed by atoms with Gasteiger partial charge in [-0.2, -0.15) is 0 Å². The zero-order valence-electron chi connectivity index (χ0n) is 19.4. The Balaban J connectivity index is 1.71. The van der Waals surface area contributed by atoms with Crippen LogP contribution in [0.4, 0.5) is 16.2 Å². The second-order valence-electron chi connectivity index (χ2n) is 8.63. The Bertz CT molecular complexity index is 1260. The number of nitrogens with one attached hydrogen (secondary N) is 3. The van der Waals surface area contributed by atoms with Crippen molar-refractivity contribution < 1.29 is 9.59 Å². The summed E-state index contributed by atoms with van der Waals surface area (Å²) < 4.78 is 0. The molecule has 0 aromatic heterocycles. The van der Waals surface area contributed by atoms with Gasteiger partial charge in [-0.3, -0.25) is 9.79 Å². The molecule has 0 bridgehead atoms. The molecule has 1 atom stereocenters. The number of hydrogen-bond donors (Lipinski definition) is 3. The van der Waals surface area contributed by atoms with Gasteiger partial charge in [0.1, 0.15) is 13.9 Å². The van der Waals surface area contributed by atoms with Crippen molar-refractivity contribution >= 4 is 53.9 Å². The van der Waals surface area contributed by atoms with Gasteiger partial charge < -0.3 is 16.0 Å². The van der Waals surface area contributed by atoms with Gasteiger partial charge in [0.15, 0.2) is 0 Å². The van der Waals surface area contributed by atoms with Crippen molar-refractivity contribution in [3.63, 3.8) is 0 Å². The average molecular weight is 473 g/mol. The molecule has 1 aliphatic heterocycles. The SMILES string of the molecule is Bc1ccccc1CC1N=C(c2ccc(NC(=O)NC(C)C)cc2)c2cc(Cl)ccc2NC1=O. The van der Waals surface area contributed by atoms with Gasteiger partial charge in [0.05, 0.1) is 11.4 Å². The minimum absolute atomic E-state index is 0.0380. The molecule has 8 heteroatoms. The van der Waals surface area contributed by atoms with E-state index >= 15 is 0 Å². The van der Waals surface area contributed by atoms with E-state index < -0.39 is 6.04 Å². The third-order valence-corrected chi connectivity index (χ3v) is 5.83. The summed E-state index contributed by atoms with van der Waals surface area (Å²) in [6, 6.07) is 19.9. The number of fused-ring (bicyclic) bond motifs is 1. The minimum Gasteiger partial charge on any atom is -0.336 e. The Labute approximate surface area is 205 Å². The predicted octanol–water partition coefficient (Wildman–Crippen LogP) is 3.53. The summed E-state index contributed by atoms with van der Waals surface area (Å²) in [5.74, 6) is -0.162. The Morgan fingerprint density at radius 2 is 1.85 bits per heavy atom. The number of amides is 3. The molecule has 4 rings (SSSR count). The van der Waals surface area contributed by atoms with Crippen LogP contribution < -0.4 is 21.4 Å². The summed E-state index contributed by atoms with van der Waals surface area (Å²) in [5, 5.41) is 9.20. The van der Waals surface area contributed by atoms with Gasteiger partial charge in [0.2, 0.25) is 5.91 Å². The number of hydrogen-bond acceptors (Lipinski definition) is 3. The molecule has 0 aliphatic carbocycles. The topological polar surface area (TPSA) is 82.6 Å². The van der Waals surface area contributed by atoms with E-state index in [2.05, 4.69) is 16.0 Å². The first-order valence-corrected chi connectivity index (χ1v) is 11.6. The van der Waals surface area contributed by atoms with Crippen LogP contribution >= 0.6 is 11.6 Å². The zero-order valence-corrected chi connectivity index (χ0v) is 20.1. The van der Waals surface area contributed by atoms with Crippen LogP contribution in [0.25, 0.3) is 0 Å². The predicted molar refractivity (Wildman–Crippen MR) is 142 cm³/mol. The van der Waals surface area contributed by atoms with Gasteiger partial charge in [-0.05, 0) is 44.2 Å². The van der Waals surface area contributed by atoms with Crippen molar-refractivity contribution in [2.24, 2.45) is 4.99 Å². The van der Waals surface area contributed by atoms with Gasteiger partial charge in [-0.15, -0.1) is 0 Å². The van der Waals surface area contributed by atoms with Crippen molar-refractivity contribution in [3.05, 3.63) is 88.4 Å². The molecular formula is C26H26BClN4O2. The molecule has 0 saturated heterocycles. The van der Waals surface area contributed by atoms with Crippen LogP contribution in [0.2, 0.25) is 5.02 Å². The summed E-state index contributed by atoms with van der Waals surface area (Å²) in [7, 11) is 2.03. The zero-order chi connectivity index (χ0) is 24.2. The molecule has 0 radical (unpaired) electrons. The standard InChI is InChI=1S/C26H26BClN4O2/c1-15(2)29-26(34)30-19-10-7-16(8-11-19)24-20-14-18(28)9-12-22(20)32-25(33)23(31-24)13-17-5-3-4-6-21(17)27/h3-12,14-15,23H,13,27H2,1-2H3,(H,32,33)(H2,29,30,34). The number of rotatable bonds is 5. The number of carbonyl (C=O) groups is 2. The molecule has 0 spiro atoms. The first-order chi connectivity index (χ1) is 16.3. The lowest BCUT2D eigenvalue weighted by molar-refractivity contribution is -0.117. The lowest BCUT2D eigenvalue weighted by Crippen LogP contribution is -2.34. The molecule has 172 valence electrons. The normalized spacial score (nSPS) is 15.1. The van der Waals surface area contributed by atoms with Gasteiger partial charge in [0, 0.05) is 34.3 Å². The van der Waals surface area contributed by atoms with Crippen molar-refractivity contribution in [3.8, 4) is 0 Å². The van der Waals surface area contributed by atoms with Gasteiger partial charge in [0.25, 0.3) is 0 Å². The van der Waals surface area contributed by atoms with Gasteiger partial charge in [-0.1, -0.05) is 59.0 Å². The van der Waals surface area contributed by atoms with E-state index in [9.17, 15) is 9.59 Å². The Morgan fingerprint density at radius 3 is 2.56 bits per heavy atom. The third kappa shape index (κ3) is 5.49. The van der Waals surface area contributed by atoms with Crippen LogP contribution in [0.15, 0.2) is 71.7 Å². The molecular weight excluding hydrogens is 447 g/mol. The first-order valence-electron chi connectivity index (χ1n) is 11.2. The highest BCUT2D eigenvalue weighted by atomic mass is 35.5. The van der Waals surface area contributed by atoms with Crippen LogP contribution in [0.5, 0.6) is 0 Å². The maximum atomic E-state index is 13.1. The van der Waals surface area contributed by atoms with Crippen molar-refractivity contribution in [1.29, 1.82) is 0 Å². The highest BCUT2D eigenvalue weighted by Crippen LogP contribution is 2.28. The van der Waals surface area contributed by atoms with E-state index in [1.807, 2.05) is 76.3 Å². The summed E-state index contributed by atoms with van der Waals surface area (Å²) in [4.78, 5) is 30.1. The second kappa shape index (κ2) is 10.1. The molecule has 3 aromatic rings. The fourth-order valence-corrected chi connectivity index (χ4v) is 4.05. The van der Waals surface area contributed by atoms with Crippen molar-refractivity contribution in [2.75, 3.05) is 10.6 Å². The second-order valence-corrected chi connectivity index (χ2v) is 9.07. The van der Waals surface area contributed by atoms with E-state index in [1.54, 1.807) is 12.1 Å². The summed E-state index contributed by atoms with van der Waals surface area (Å²) in [6.45, 7) is 3.80. The molecule has 34 heavy (non-hydrogen) atoms. The number of urea groups is 1. The van der Waals surface area contributed by atoms with E-state index in [0.717, 1.165) is 22.2 Å². The fourth-order valence-electron chi connectivity index (χ4n) is 3.88. The summed E-state index contributed by atoms with van der Waals surface area (Å²) in [5.41, 5.74) is 5.77. The van der Waals surface area contributed by atoms with Crippen LogP contribution in [0.3, 0.4) is 0 Å². The van der Waals surface area contributed by atoms with E-state index in [-0.39, 0.29) is 18.0 Å². The maximum Gasteiger partial charge on any atom is 0.319 e. The first kappa shape index (κ1) is 23.6. The summed E-state index contributed by atoms with van der Waals surface area (Å²) >= 11 is 6.31. The van der Waals surface area contributed by atoms with Gasteiger partial charge in [-0.25, -0.2) is 4.79 Å². The van der Waals surface area contributed by atoms with Crippen molar-refractivity contribution in [1.82, 2.24) is 5.32 Å². The smallest absolute Gasteiger partial charge is 0.319 e. The monoisotopic (exact) mass is 472 g/mol. The lowest BCUT2D eigenvalue weighted by Gasteiger charge is -2.14. The Morgan fingerprint density at radius 1 is 1.12 bits per heavy atom. The van der Waals surface area contributed by atoms with E-state index in [1.165, 1.54) is 0 Å². The van der Waals surface area contributed by atoms with E-state index in [0.29, 0.717) is 28.5 Å². The number of nitrogens with zero attached hydrogens (tertiary/aromatic N) is 1.